The van der Waals surface area contributed by atoms with Crippen molar-refractivity contribution in [3.8, 4) is 0 Å². The van der Waals surface area contributed by atoms with Crippen LogP contribution in [0.1, 0.15) is 35.0 Å². The van der Waals surface area contributed by atoms with E-state index in [1.54, 1.807) is 12.5 Å². The highest BCUT2D eigenvalue weighted by molar-refractivity contribution is 6.30. The lowest BCUT2D eigenvalue weighted by molar-refractivity contribution is 0.158. The van der Waals surface area contributed by atoms with Crippen LogP contribution in [0.25, 0.3) is 0 Å². The summed E-state index contributed by atoms with van der Waals surface area (Å²) in [7, 11) is 0. The number of rotatable bonds is 6. The fraction of sp³-hybridized carbons (Fsp3) is 0.250. The highest BCUT2D eigenvalue weighted by Gasteiger charge is 2.13. The summed E-state index contributed by atoms with van der Waals surface area (Å²) < 4.78 is 5.32. The zero-order valence-electron chi connectivity index (χ0n) is 11.9. The van der Waals surface area contributed by atoms with E-state index < -0.39 is 6.10 Å². The van der Waals surface area contributed by atoms with Gasteiger partial charge >= 0.3 is 0 Å². The highest BCUT2D eigenvalue weighted by atomic mass is 35.5. The number of aromatic nitrogens is 3. The van der Waals surface area contributed by atoms with E-state index in [0.29, 0.717) is 18.7 Å². The number of benzene rings is 1. The molecular formula is C16H16ClN3O2. The number of hydrogen-bond acceptors (Lipinski definition) is 4. The summed E-state index contributed by atoms with van der Waals surface area (Å²) in [5.74, 6) is 0.489. The van der Waals surface area contributed by atoms with Crippen molar-refractivity contribution in [3.63, 3.8) is 0 Å². The van der Waals surface area contributed by atoms with Crippen LogP contribution in [0.15, 0.2) is 47.5 Å². The van der Waals surface area contributed by atoms with Gasteiger partial charge in [0, 0.05) is 11.4 Å². The number of furan rings is 1. The maximum atomic E-state index is 10.0. The SMILES string of the molecule is OC(CCc1cocc1Cc1ccc(Cl)cc1)c1ncn[nH]1. The molecule has 3 aromatic rings. The van der Waals surface area contributed by atoms with Crippen LogP contribution in [-0.2, 0) is 12.8 Å². The normalized spacial score (nSPS) is 12.5. The first kappa shape index (κ1) is 14.8. The lowest BCUT2D eigenvalue weighted by Gasteiger charge is -2.07. The predicted octanol–water partition coefficient (Wildman–Crippen LogP) is 3.31. The van der Waals surface area contributed by atoms with Gasteiger partial charge in [-0.25, -0.2) is 4.98 Å². The molecule has 0 aliphatic carbocycles. The van der Waals surface area contributed by atoms with Crippen molar-refractivity contribution < 1.29 is 9.52 Å². The fourth-order valence-electron chi connectivity index (χ4n) is 2.35. The average molecular weight is 318 g/mol. The molecule has 5 nitrogen and oxygen atoms in total. The third kappa shape index (κ3) is 3.55. The van der Waals surface area contributed by atoms with E-state index in [9.17, 15) is 5.11 Å². The molecule has 1 atom stereocenters. The van der Waals surface area contributed by atoms with Gasteiger partial charge in [-0.05, 0) is 41.7 Å². The Kier molecular flexibility index (Phi) is 4.56. The van der Waals surface area contributed by atoms with Gasteiger partial charge in [-0.1, -0.05) is 23.7 Å². The Labute approximate surface area is 133 Å². The quantitative estimate of drug-likeness (QED) is 0.731. The van der Waals surface area contributed by atoms with Crippen LogP contribution < -0.4 is 0 Å². The molecule has 0 bridgehead atoms. The third-order valence-corrected chi connectivity index (χ3v) is 3.83. The molecule has 2 aromatic heterocycles. The largest absolute Gasteiger partial charge is 0.472 e. The molecule has 0 fully saturated rings. The molecule has 0 saturated carbocycles. The number of aryl methyl sites for hydroxylation is 1. The Morgan fingerprint density at radius 1 is 1.18 bits per heavy atom. The van der Waals surface area contributed by atoms with Gasteiger partial charge in [-0.15, -0.1) is 0 Å². The Bertz CT molecular complexity index is 707. The van der Waals surface area contributed by atoms with Crippen LogP contribution >= 0.6 is 11.6 Å². The molecule has 0 spiro atoms. The van der Waals surface area contributed by atoms with E-state index in [0.717, 1.165) is 22.6 Å². The maximum Gasteiger partial charge on any atom is 0.153 e. The van der Waals surface area contributed by atoms with Gasteiger partial charge in [0.2, 0.25) is 0 Å². The molecule has 0 radical (unpaired) electrons. The number of aromatic amines is 1. The van der Waals surface area contributed by atoms with E-state index in [2.05, 4.69) is 15.2 Å². The second kappa shape index (κ2) is 6.77. The topological polar surface area (TPSA) is 74.9 Å². The Morgan fingerprint density at radius 3 is 2.68 bits per heavy atom. The van der Waals surface area contributed by atoms with Gasteiger partial charge in [-0.3, -0.25) is 5.10 Å². The molecule has 2 heterocycles. The summed E-state index contributed by atoms with van der Waals surface area (Å²) in [6.45, 7) is 0. The molecule has 0 amide bonds. The van der Waals surface area contributed by atoms with Gasteiger partial charge in [0.1, 0.15) is 12.4 Å². The van der Waals surface area contributed by atoms with Crippen molar-refractivity contribution in [2.24, 2.45) is 0 Å². The molecule has 2 N–H and O–H groups in total. The fourth-order valence-corrected chi connectivity index (χ4v) is 2.48. The number of hydrogen-bond donors (Lipinski definition) is 2. The second-order valence-electron chi connectivity index (χ2n) is 5.15. The lowest BCUT2D eigenvalue weighted by atomic mass is 10.00. The number of nitrogens with zero attached hydrogens (tertiary/aromatic N) is 2. The van der Waals surface area contributed by atoms with Crippen LogP contribution in [0.4, 0.5) is 0 Å². The van der Waals surface area contributed by atoms with Gasteiger partial charge in [0.15, 0.2) is 5.82 Å². The third-order valence-electron chi connectivity index (χ3n) is 3.58. The molecule has 0 aliphatic rings. The number of aliphatic hydroxyl groups is 1. The smallest absolute Gasteiger partial charge is 0.153 e. The zero-order valence-corrected chi connectivity index (χ0v) is 12.6. The minimum Gasteiger partial charge on any atom is -0.472 e. The van der Waals surface area contributed by atoms with Gasteiger partial charge < -0.3 is 9.52 Å². The van der Waals surface area contributed by atoms with Crippen LogP contribution in [-0.4, -0.2) is 20.3 Å². The summed E-state index contributed by atoms with van der Waals surface area (Å²) in [5, 5.41) is 17.2. The molecule has 0 aliphatic heterocycles. The Balaban J connectivity index is 1.63. The van der Waals surface area contributed by atoms with Crippen molar-refractivity contribution in [1.29, 1.82) is 0 Å². The lowest BCUT2D eigenvalue weighted by Crippen LogP contribution is -2.02. The van der Waals surface area contributed by atoms with Crippen LogP contribution in [0, 0.1) is 0 Å². The number of H-pyrrole nitrogens is 1. The maximum absolute atomic E-state index is 10.0. The zero-order chi connectivity index (χ0) is 15.4. The number of halogens is 1. The summed E-state index contributed by atoms with van der Waals surface area (Å²) in [6, 6.07) is 7.76. The second-order valence-corrected chi connectivity index (χ2v) is 5.59. The summed E-state index contributed by atoms with van der Waals surface area (Å²) in [5.41, 5.74) is 3.38. The van der Waals surface area contributed by atoms with Gasteiger partial charge in [0.25, 0.3) is 0 Å². The first-order chi connectivity index (χ1) is 10.7. The molecule has 114 valence electrons. The Hall–Kier alpha value is -2.11. The van der Waals surface area contributed by atoms with Crippen molar-refractivity contribution >= 4 is 11.6 Å². The van der Waals surface area contributed by atoms with Crippen molar-refractivity contribution in [2.45, 2.75) is 25.4 Å². The average Bonchev–Trinajstić information content (AvgIpc) is 3.19. The van der Waals surface area contributed by atoms with E-state index in [1.165, 1.54) is 11.9 Å². The molecule has 3 rings (SSSR count). The summed E-state index contributed by atoms with van der Waals surface area (Å²) in [6.07, 6.45) is 6.28. The van der Waals surface area contributed by atoms with Crippen molar-refractivity contribution in [3.05, 3.63) is 70.7 Å². The molecule has 1 aromatic carbocycles. The van der Waals surface area contributed by atoms with Gasteiger partial charge in [-0.2, -0.15) is 5.10 Å². The van der Waals surface area contributed by atoms with Crippen LogP contribution in [0.3, 0.4) is 0 Å². The first-order valence-corrected chi connectivity index (χ1v) is 7.42. The molecule has 6 heteroatoms. The van der Waals surface area contributed by atoms with Crippen molar-refractivity contribution in [1.82, 2.24) is 15.2 Å². The molecule has 1 unspecified atom stereocenters. The van der Waals surface area contributed by atoms with E-state index >= 15 is 0 Å². The highest BCUT2D eigenvalue weighted by Crippen LogP contribution is 2.21. The summed E-state index contributed by atoms with van der Waals surface area (Å²) in [4.78, 5) is 3.96. The minimum absolute atomic E-state index is 0.489. The number of aliphatic hydroxyl groups excluding tert-OH is 1. The first-order valence-electron chi connectivity index (χ1n) is 7.04. The van der Waals surface area contributed by atoms with E-state index in [4.69, 9.17) is 16.0 Å². The monoisotopic (exact) mass is 317 g/mol. The van der Waals surface area contributed by atoms with Crippen LogP contribution in [0.5, 0.6) is 0 Å². The standard InChI is InChI=1S/C16H16ClN3O2/c17-14-4-1-11(2-5-14)7-13-9-22-8-12(13)3-6-15(21)16-18-10-19-20-16/h1-2,4-5,8-10,15,21H,3,6-7H2,(H,18,19,20). The van der Waals surface area contributed by atoms with Crippen LogP contribution in [0.2, 0.25) is 5.02 Å². The van der Waals surface area contributed by atoms with E-state index in [1.807, 2.05) is 24.3 Å². The molecule has 22 heavy (non-hydrogen) atoms. The van der Waals surface area contributed by atoms with E-state index in [-0.39, 0.29) is 0 Å². The predicted molar refractivity (Wildman–Crippen MR) is 82.6 cm³/mol. The summed E-state index contributed by atoms with van der Waals surface area (Å²) >= 11 is 5.90. The molecule has 0 saturated heterocycles. The Morgan fingerprint density at radius 2 is 1.95 bits per heavy atom. The van der Waals surface area contributed by atoms with Gasteiger partial charge in [0.05, 0.1) is 12.5 Å². The molecular weight excluding hydrogens is 302 g/mol. The minimum atomic E-state index is -0.652. The van der Waals surface area contributed by atoms with Crippen molar-refractivity contribution in [2.75, 3.05) is 0 Å². The number of nitrogens with one attached hydrogen (secondary N) is 1.